The summed E-state index contributed by atoms with van der Waals surface area (Å²) < 4.78 is 0. The molecule has 0 aliphatic heterocycles. The predicted octanol–water partition coefficient (Wildman–Crippen LogP) is 2.67. The van der Waals surface area contributed by atoms with Crippen LogP contribution in [0.15, 0.2) is 18.2 Å². The molecule has 2 atom stereocenters. The number of halogens is 1. The van der Waals surface area contributed by atoms with Gasteiger partial charge in [0.25, 0.3) is 0 Å². The van der Waals surface area contributed by atoms with Crippen molar-refractivity contribution in [2.45, 2.75) is 31.7 Å². The van der Waals surface area contributed by atoms with Crippen LogP contribution >= 0.6 is 11.6 Å². The Morgan fingerprint density at radius 2 is 2.26 bits per heavy atom. The molecule has 1 saturated carbocycles. The topological polar surface area (TPSA) is 78.9 Å². The van der Waals surface area contributed by atoms with Crippen LogP contribution in [-0.4, -0.2) is 11.9 Å². The first-order chi connectivity index (χ1) is 9.10. The molecule has 2 rings (SSSR count). The lowest BCUT2D eigenvalue weighted by Crippen LogP contribution is -2.34. The van der Waals surface area contributed by atoms with Gasteiger partial charge in [-0.05, 0) is 37.5 Å². The van der Waals surface area contributed by atoms with Crippen molar-refractivity contribution in [3.63, 3.8) is 0 Å². The number of carbonyl (C=O) groups excluding carboxylic acids is 1. The van der Waals surface area contributed by atoms with Crippen LogP contribution < -0.4 is 11.1 Å². The van der Waals surface area contributed by atoms with E-state index >= 15 is 0 Å². The van der Waals surface area contributed by atoms with E-state index in [0.717, 1.165) is 25.7 Å². The second-order valence-corrected chi connectivity index (χ2v) is 5.33. The van der Waals surface area contributed by atoms with Crippen molar-refractivity contribution in [2.24, 2.45) is 11.7 Å². The maximum atomic E-state index is 12.1. The van der Waals surface area contributed by atoms with Crippen LogP contribution in [0.2, 0.25) is 5.02 Å². The van der Waals surface area contributed by atoms with Crippen LogP contribution in [0.1, 0.15) is 31.2 Å². The van der Waals surface area contributed by atoms with Crippen molar-refractivity contribution >= 4 is 23.2 Å². The van der Waals surface area contributed by atoms with Gasteiger partial charge in [-0.1, -0.05) is 18.0 Å². The summed E-state index contributed by atoms with van der Waals surface area (Å²) in [4.78, 5) is 12.1. The van der Waals surface area contributed by atoms with Gasteiger partial charge in [0.1, 0.15) is 6.07 Å². The van der Waals surface area contributed by atoms with Crippen LogP contribution in [0, 0.1) is 17.2 Å². The zero-order valence-corrected chi connectivity index (χ0v) is 11.3. The molecule has 0 bridgehead atoms. The Kier molecular flexibility index (Phi) is 4.41. The smallest absolute Gasteiger partial charge is 0.227 e. The van der Waals surface area contributed by atoms with E-state index in [-0.39, 0.29) is 17.9 Å². The summed E-state index contributed by atoms with van der Waals surface area (Å²) >= 11 is 5.93. The molecule has 1 aliphatic rings. The van der Waals surface area contributed by atoms with Crippen molar-refractivity contribution in [2.75, 3.05) is 5.32 Å². The number of rotatable bonds is 2. The van der Waals surface area contributed by atoms with Gasteiger partial charge in [0.05, 0.1) is 10.6 Å². The van der Waals surface area contributed by atoms with E-state index in [4.69, 9.17) is 22.6 Å². The van der Waals surface area contributed by atoms with E-state index in [9.17, 15) is 4.79 Å². The number of nitrogens with zero attached hydrogens (tertiary/aromatic N) is 1. The third-order valence-electron chi connectivity index (χ3n) is 3.44. The number of nitriles is 1. The van der Waals surface area contributed by atoms with Crippen molar-refractivity contribution in [1.82, 2.24) is 0 Å². The lowest BCUT2D eigenvalue weighted by molar-refractivity contribution is -0.120. The molecule has 0 aromatic heterocycles. The van der Waals surface area contributed by atoms with Gasteiger partial charge in [0.2, 0.25) is 5.91 Å². The average molecular weight is 278 g/mol. The highest BCUT2D eigenvalue weighted by Gasteiger charge is 2.25. The van der Waals surface area contributed by atoms with Gasteiger partial charge in [0, 0.05) is 17.6 Å². The molecule has 0 spiro atoms. The van der Waals surface area contributed by atoms with Crippen LogP contribution in [0.3, 0.4) is 0 Å². The zero-order chi connectivity index (χ0) is 13.8. The summed E-state index contributed by atoms with van der Waals surface area (Å²) in [6.07, 6.45) is 3.60. The molecule has 0 radical (unpaired) electrons. The van der Waals surface area contributed by atoms with Gasteiger partial charge in [-0.2, -0.15) is 5.26 Å². The van der Waals surface area contributed by atoms with Gasteiger partial charge in [-0.25, -0.2) is 0 Å². The number of amides is 1. The molecule has 0 saturated heterocycles. The SMILES string of the molecule is N#Cc1ccc(NC(=O)C2CCCC(N)C2)cc1Cl. The summed E-state index contributed by atoms with van der Waals surface area (Å²) in [5.74, 6) is -0.0471. The minimum atomic E-state index is -0.0295. The molecular weight excluding hydrogens is 262 g/mol. The Hall–Kier alpha value is -1.57. The van der Waals surface area contributed by atoms with Crippen LogP contribution in [0.4, 0.5) is 5.69 Å². The molecule has 1 fully saturated rings. The summed E-state index contributed by atoms with van der Waals surface area (Å²) in [5, 5.41) is 12.0. The van der Waals surface area contributed by atoms with E-state index in [1.807, 2.05) is 6.07 Å². The number of anilines is 1. The van der Waals surface area contributed by atoms with E-state index < -0.39 is 0 Å². The Morgan fingerprint density at radius 1 is 1.47 bits per heavy atom. The fraction of sp³-hybridized carbons (Fsp3) is 0.429. The minimum Gasteiger partial charge on any atom is -0.328 e. The normalized spacial score (nSPS) is 22.6. The van der Waals surface area contributed by atoms with Crippen molar-refractivity contribution in [3.05, 3.63) is 28.8 Å². The maximum absolute atomic E-state index is 12.1. The summed E-state index contributed by atoms with van der Waals surface area (Å²) in [5.41, 5.74) is 6.90. The first-order valence-corrected chi connectivity index (χ1v) is 6.74. The Bertz CT molecular complexity index is 524. The second kappa shape index (κ2) is 6.05. The molecule has 100 valence electrons. The second-order valence-electron chi connectivity index (χ2n) is 4.92. The van der Waals surface area contributed by atoms with Crippen molar-refractivity contribution in [1.29, 1.82) is 5.26 Å². The van der Waals surface area contributed by atoms with Gasteiger partial charge >= 0.3 is 0 Å². The molecule has 1 aromatic carbocycles. The van der Waals surface area contributed by atoms with E-state index in [1.165, 1.54) is 0 Å². The molecule has 1 aliphatic carbocycles. The minimum absolute atomic E-state index is 0.0177. The number of nitrogens with one attached hydrogen (secondary N) is 1. The van der Waals surface area contributed by atoms with Gasteiger partial charge in [0.15, 0.2) is 0 Å². The van der Waals surface area contributed by atoms with Crippen molar-refractivity contribution < 1.29 is 4.79 Å². The molecule has 1 aromatic rings. The quantitative estimate of drug-likeness (QED) is 0.872. The largest absolute Gasteiger partial charge is 0.328 e. The highest BCUT2D eigenvalue weighted by Crippen LogP contribution is 2.25. The van der Waals surface area contributed by atoms with Gasteiger partial charge in [-0.3, -0.25) is 4.79 Å². The van der Waals surface area contributed by atoms with Crippen LogP contribution in [0.5, 0.6) is 0 Å². The number of hydrogen-bond donors (Lipinski definition) is 2. The summed E-state index contributed by atoms with van der Waals surface area (Å²) in [7, 11) is 0. The van der Waals surface area contributed by atoms with Crippen LogP contribution in [-0.2, 0) is 4.79 Å². The molecular formula is C14H16ClN3O. The van der Waals surface area contributed by atoms with E-state index in [2.05, 4.69) is 5.32 Å². The zero-order valence-electron chi connectivity index (χ0n) is 10.5. The summed E-state index contributed by atoms with van der Waals surface area (Å²) in [6.45, 7) is 0. The number of carbonyl (C=O) groups is 1. The fourth-order valence-corrected chi connectivity index (χ4v) is 2.62. The predicted molar refractivity (Wildman–Crippen MR) is 74.7 cm³/mol. The number of nitrogens with two attached hydrogens (primary N) is 1. The first kappa shape index (κ1) is 13.9. The standard InChI is InChI=1S/C14H16ClN3O/c15-13-7-12(5-4-10(13)8-16)18-14(19)9-2-1-3-11(17)6-9/h4-5,7,9,11H,1-3,6,17H2,(H,18,19). The lowest BCUT2D eigenvalue weighted by Gasteiger charge is -2.25. The summed E-state index contributed by atoms with van der Waals surface area (Å²) in [6, 6.07) is 6.99. The third kappa shape index (κ3) is 3.46. The van der Waals surface area contributed by atoms with E-state index in [1.54, 1.807) is 18.2 Å². The monoisotopic (exact) mass is 277 g/mol. The maximum Gasteiger partial charge on any atom is 0.227 e. The highest BCUT2D eigenvalue weighted by molar-refractivity contribution is 6.32. The Morgan fingerprint density at radius 3 is 2.89 bits per heavy atom. The van der Waals surface area contributed by atoms with Gasteiger partial charge < -0.3 is 11.1 Å². The fourth-order valence-electron chi connectivity index (χ4n) is 2.39. The van der Waals surface area contributed by atoms with Crippen molar-refractivity contribution in [3.8, 4) is 6.07 Å². The number of benzene rings is 1. The average Bonchev–Trinajstić information content (AvgIpc) is 2.39. The van der Waals surface area contributed by atoms with Crippen LogP contribution in [0.25, 0.3) is 0 Å². The lowest BCUT2D eigenvalue weighted by atomic mass is 9.85. The molecule has 3 N–H and O–H groups in total. The molecule has 0 heterocycles. The molecule has 1 amide bonds. The molecule has 5 heteroatoms. The highest BCUT2D eigenvalue weighted by atomic mass is 35.5. The Balaban J connectivity index is 2.02. The number of hydrogen-bond acceptors (Lipinski definition) is 3. The van der Waals surface area contributed by atoms with E-state index in [0.29, 0.717) is 16.3 Å². The Labute approximate surface area is 117 Å². The van der Waals surface area contributed by atoms with Gasteiger partial charge in [-0.15, -0.1) is 0 Å². The molecule has 4 nitrogen and oxygen atoms in total. The molecule has 19 heavy (non-hydrogen) atoms. The molecule has 2 unspecified atom stereocenters. The first-order valence-electron chi connectivity index (χ1n) is 6.36. The third-order valence-corrected chi connectivity index (χ3v) is 3.76.